The van der Waals surface area contributed by atoms with E-state index in [2.05, 4.69) is 60.1 Å². The number of aromatic nitrogens is 1. The second kappa shape index (κ2) is 11.6. The Morgan fingerprint density at radius 3 is 2.10 bits per heavy atom. The van der Waals surface area contributed by atoms with E-state index >= 15 is 0 Å². The van der Waals surface area contributed by atoms with Crippen LogP contribution in [-0.2, 0) is 17.6 Å². The number of ether oxygens (including phenoxy) is 1. The first-order chi connectivity index (χ1) is 14.3. The Hall–Kier alpha value is -2.56. The summed E-state index contributed by atoms with van der Waals surface area (Å²) in [5.74, 6) is 0.990. The molecule has 3 rings (SSSR count). The molecule has 0 atom stereocenters. The van der Waals surface area contributed by atoms with Crippen molar-refractivity contribution in [1.82, 2.24) is 9.88 Å². The molecule has 5 heteroatoms. The number of hydrogen-bond acceptors (Lipinski definition) is 4. The van der Waals surface area contributed by atoms with Gasteiger partial charge in [0.25, 0.3) is 0 Å². The molecule has 2 heterocycles. The molecule has 1 saturated heterocycles. The number of rotatable bonds is 4. The van der Waals surface area contributed by atoms with E-state index in [4.69, 9.17) is 4.74 Å². The minimum atomic E-state index is -0.440. The second-order valence-corrected chi connectivity index (χ2v) is 8.57. The smallest absolute Gasteiger partial charge is 0.410 e. The number of nitrogens with zero attached hydrogens (tertiary/aromatic N) is 3. The minimum Gasteiger partial charge on any atom is -0.444 e. The van der Waals surface area contributed by atoms with Gasteiger partial charge in [0.2, 0.25) is 0 Å². The fraction of sp³-hybridized carbons (Fsp3) is 0.520. The van der Waals surface area contributed by atoms with Crippen molar-refractivity contribution in [3.63, 3.8) is 0 Å². The van der Waals surface area contributed by atoms with Crippen LogP contribution in [0.1, 0.15) is 52.2 Å². The maximum absolute atomic E-state index is 12.0. The van der Waals surface area contributed by atoms with Crippen molar-refractivity contribution < 1.29 is 9.53 Å². The molecule has 164 valence electrons. The molecular formula is C25H37N3O2. The molecule has 1 aliphatic heterocycles. The zero-order chi connectivity index (χ0) is 22.0. The van der Waals surface area contributed by atoms with Gasteiger partial charge >= 0.3 is 6.09 Å². The molecule has 1 aromatic carbocycles. The Bertz CT molecular complexity index is 746. The van der Waals surface area contributed by atoms with Crippen LogP contribution in [0.25, 0.3) is 0 Å². The topological polar surface area (TPSA) is 45.7 Å². The molecule has 1 fully saturated rings. The predicted octanol–water partition coefficient (Wildman–Crippen LogP) is 5.34. The normalized spacial score (nSPS) is 14.0. The lowest BCUT2D eigenvalue weighted by Gasteiger charge is -2.36. The lowest BCUT2D eigenvalue weighted by molar-refractivity contribution is 0.0240. The highest BCUT2D eigenvalue weighted by atomic mass is 16.6. The molecule has 0 saturated carbocycles. The van der Waals surface area contributed by atoms with Gasteiger partial charge < -0.3 is 14.5 Å². The minimum absolute atomic E-state index is 0.224. The quantitative estimate of drug-likeness (QED) is 0.681. The van der Waals surface area contributed by atoms with Gasteiger partial charge in [0.05, 0.1) is 0 Å². The Morgan fingerprint density at radius 2 is 1.63 bits per heavy atom. The van der Waals surface area contributed by atoms with E-state index in [-0.39, 0.29) is 6.09 Å². The monoisotopic (exact) mass is 411 g/mol. The molecule has 0 radical (unpaired) electrons. The summed E-state index contributed by atoms with van der Waals surface area (Å²) in [5, 5.41) is 0. The average Bonchev–Trinajstić information content (AvgIpc) is 2.74. The van der Waals surface area contributed by atoms with Crippen LogP contribution >= 0.6 is 0 Å². The van der Waals surface area contributed by atoms with Crippen LogP contribution in [-0.4, -0.2) is 47.8 Å². The first-order valence-corrected chi connectivity index (χ1v) is 11.0. The summed E-state index contributed by atoms with van der Waals surface area (Å²) >= 11 is 0. The van der Waals surface area contributed by atoms with Crippen LogP contribution in [0.4, 0.5) is 10.6 Å². The van der Waals surface area contributed by atoms with Gasteiger partial charge in [-0.2, -0.15) is 0 Å². The van der Waals surface area contributed by atoms with Crippen molar-refractivity contribution in [2.24, 2.45) is 0 Å². The van der Waals surface area contributed by atoms with E-state index < -0.39 is 5.60 Å². The number of pyridine rings is 1. The van der Waals surface area contributed by atoms with Crippen LogP contribution in [0.3, 0.4) is 0 Å². The fourth-order valence-electron chi connectivity index (χ4n) is 3.20. The van der Waals surface area contributed by atoms with E-state index in [0.29, 0.717) is 13.1 Å². The molecule has 0 aliphatic carbocycles. The number of piperazine rings is 1. The molecule has 0 N–H and O–H groups in total. The zero-order valence-corrected chi connectivity index (χ0v) is 19.2. The number of hydrogen-bond donors (Lipinski definition) is 0. The number of carbonyl (C=O) groups excluding carboxylic acids is 1. The number of amides is 1. The third kappa shape index (κ3) is 8.05. The third-order valence-electron chi connectivity index (χ3n) is 4.85. The van der Waals surface area contributed by atoms with Gasteiger partial charge in [-0.05, 0) is 50.8 Å². The summed E-state index contributed by atoms with van der Waals surface area (Å²) in [6.07, 6.45) is 5.08. The van der Waals surface area contributed by atoms with Gasteiger partial charge in [0.15, 0.2) is 0 Å². The van der Waals surface area contributed by atoms with Gasteiger partial charge in [0.1, 0.15) is 11.4 Å². The summed E-state index contributed by atoms with van der Waals surface area (Å²) in [4.78, 5) is 20.6. The van der Waals surface area contributed by atoms with Gasteiger partial charge in [-0.25, -0.2) is 9.78 Å². The number of benzene rings is 1. The Labute approximate surface area is 182 Å². The van der Waals surface area contributed by atoms with E-state index in [1.807, 2.05) is 33.0 Å². The summed E-state index contributed by atoms with van der Waals surface area (Å²) < 4.78 is 5.41. The van der Waals surface area contributed by atoms with Crippen LogP contribution < -0.4 is 4.90 Å². The van der Waals surface area contributed by atoms with Gasteiger partial charge in [-0.1, -0.05) is 56.7 Å². The van der Waals surface area contributed by atoms with E-state index in [0.717, 1.165) is 38.2 Å². The summed E-state index contributed by atoms with van der Waals surface area (Å²) in [7, 11) is 0. The lowest BCUT2D eigenvalue weighted by Crippen LogP contribution is -2.50. The second-order valence-electron chi connectivity index (χ2n) is 8.57. The average molecular weight is 412 g/mol. The van der Waals surface area contributed by atoms with Gasteiger partial charge in [0, 0.05) is 32.4 Å². The summed E-state index contributed by atoms with van der Waals surface area (Å²) in [6.45, 7) is 12.9. The summed E-state index contributed by atoms with van der Waals surface area (Å²) in [5.41, 5.74) is 2.25. The van der Waals surface area contributed by atoms with E-state index in [1.54, 1.807) is 4.90 Å². The van der Waals surface area contributed by atoms with Crippen LogP contribution in [0.15, 0.2) is 48.7 Å². The molecule has 0 spiro atoms. The SMILES string of the molecule is CCCc1ccc(N2CCN(C(=O)OC(C)(C)C)CC2)nc1.CCc1ccccc1. The molecular weight excluding hydrogens is 374 g/mol. The van der Waals surface area contributed by atoms with Crippen LogP contribution in [0.5, 0.6) is 0 Å². The van der Waals surface area contributed by atoms with Crippen LogP contribution in [0.2, 0.25) is 0 Å². The molecule has 1 amide bonds. The molecule has 0 bridgehead atoms. The van der Waals surface area contributed by atoms with Crippen molar-refractivity contribution in [1.29, 1.82) is 0 Å². The van der Waals surface area contributed by atoms with Crippen molar-refractivity contribution in [2.45, 2.75) is 59.5 Å². The zero-order valence-electron chi connectivity index (χ0n) is 19.2. The van der Waals surface area contributed by atoms with Crippen molar-refractivity contribution >= 4 is 11.9 Å². The fourth-order valence-corrected chi connectivity index (χ4v) is 3.20. The highest BCUT2D eigenvalue weighted by Crippen LogP contribution is 2.16. The first-order valence-electron chi connectivity index (χ1n) is 11.0. The van der Waals surface area contributed by atoms with Gasteiger partial charge in [-0.15, -0.1) is 0 Å². The molecule has 5 nitrogen and oxygen atoms in total. The number of anilines is 1. The maximum atomic E-state index is 12.0. The highest BCUT2D eigenvalue weighted by molar-refractivity contribution is 5.68. The molecule has 2 aromatic rings. The van der Waals surface area contributed by atoms with E-state index in [1.165, 1.54) is 11.1 Å². The lowest BCUT2D eigenvalue weighted by atomic mass is 10.2. The molecule has 30 heavy (non-hydrogen) atoms. The van der Waals surface area contributed by atoms with E-state index in [9.17, 15) is 4.79 Å². The third-order valence-corrected chi connectivity index (χ3v) is 4.85. The molecule has 1 aromatic heterocycles. The van der Waals surface area contributed by atoms with Crippen molar-refractivity contribution in [3.8, 4) is 0 Å². The number of aryl methyl sites for hydroxylation is 2. The predicted molar refractivity (Wildman–Crippen MR) is 124 cm³/mol. The Morgan fingerprint density at radius 1 is 0.967 bits per heavy atom. The van der Waals surface area contributed by atoms with Gasteiger partial charge in [-0.3, -0.25) is 0 Å². The number of carbonyl (C=O) groups is 1. The van der Waals surface area contributed by atoms with Crippen molar-refractivity contribution in [2.75, 3.05) is 31.1 Å². The Kier molecular flexibility index (Phi) is 9.15. The summed E-state index contributed by atoms with van der Waals surface area (Å²) in [6, 6.07) is 14.7. The largest absolute Gasteiger partial charge is 0.444 e. The molecule has 1 aliphatic rings. The standard InChI is InChI=1S/C17H27N3O2.C8H10/c1-5-6-14-7-8-15(18-13-14)19-9-11-20(12-10-19)16(21)22-17(2,3)4;1-2-8-6-4-3-5-7-8/h7-8,13H,5-6,9-12H2,1-4H3;3-7H,2H2,1H3. The maximum Gasteiger partial charge on any atom is 0.410 e. The van der Waals surface area contributed by atoms with Crippen molar-refractivity contribution in [3.05, 3.63) is 59.8 Å². The molecule has 0 unspecified atom stereocenters. The van der Waals surface area contributed by atoms with Crippen LogP contribution in [0, 0.1) is 0 Å². The highest BCUT2D eigenvalue weighted by Gasteiger charge is 2.26. The first kappa shape index (κ1) is 23.7. The Balaban J connectivity index is 0.000000335.